The van der Waals surface area contributed by atoms with Crippen LogP contribution in [0.25, 0.3) is 22.2 Å². The maximum absolute atomic E-state index is 5.03. The number of anilines is 1. The molecule has 1 atom stereocenters. The molecule has 4 rings (SSSR count). The zero-order valence-electron chi connectivity index (χ0n) is 21.8. The monoisotopic (exact) mass is 461 g/mol. The summed E-state index contributed by atoms with van der Waals surface area (Å²) in [7, 11) is 0. The minimum atomic E-state index is 0.295. The number of nitrogens with one attached hydrogen (secondary N) is 2. The van der Waals surface area contributed by atoms with Gasteiger partial charge in [0.1, 0.15) is 5.65 Å². The Morgan fingerprint density at radius 1 is 1.09 bits per heavy atom. The number of hydrogen-bond acceptors (Lipinski definition) is 4. The van der Waals surface area contributed by atoms with Gasteiger partial charge in [-0.25, -0.2) is 4.98 Å². The van der Waals surface area contributed by atoms with Crippen molar-refractivity contribution in [2.75, 3.05) is 11.9 Å². The molecule has 2 aromatic heterocycles. The van der Waals surface area contributed by atoms with Crippen molar-refractivity contribution in [1.82, 2.24) is 19.9 Å². The van der Waals surface area contributed by atoms with Crippen molar-refractivity contribution in [2.45, 2.75) is 98.2 Å². The summed E-state index contributed by atoms with van der Waals surface area (Å²) in [4.78, 5) is 9.74. The smallest absolute Gasteiger partial charge is 0.224 e. The van der Waals surface area contributed by atoms with Gasteiger partial charge in [0.05, 0.1) is 0 Å². The molecule has 0 spiro atoms. The van der Waals surface area contributed by atoms with E-state index in [1.165, 1.54) is 48.8 Å². The van der Waals surface area contributed by atoms with Crippen LogP contribution in [0.15, 0.2) is 36.7 Å². The van der Waals surface area contributed by atoms with Crippen LogP contribution in [0.3, 0.4) is 0 Å². The number of nitrogens with zero attached hydrogens (tertiary/aromatic N) is 3. The molecule has 0 amide bonds. The maximum atomic E-state index is 5.03. The topological polar surface area (TPSA) is 54.8 Å². The third-order valence-electron chi connectivity index (χ3n) is 6.89. The van der Waals surface area contributed by atoms with Gasteiger partial charge >= 0.3 is 0 Å². The Kier molecular flexibility index (Phi) is 7.92. The third kappa shape index (κ3) is 6.18. The van der Waals surface area contributed by atoms with Crippen LogP contribution in [0.2, 0.25) is 0 Å². The molecule has 2 heterocycles. The molecule has 0 bridgehead atoms. The minimum absolute atomic E-state index is 0.295. The maximum Gasteiger partial charge on any atom is 0.224 e. The van der Waals surface area contributed by atoms with Crippen molar-refractivity contribution in [3.63, 3.8) is 0 Å². The lowest BCUT2D eigenvalue weighted by Gasteiger charge is -2.24. The van der Waals surface area contributed by atoms with Crippen LogP contribution in [-0.4, -0.2) is 27.1 Å². The minimum Gasteiger partial charge on any atom is -0.352 e. The Morgan fingerprint density at radius 2 is 1.82 bits per heavy atom. The standard InChI is InChI=1S/C29H43N5/c1-6-10-21(2)32-28-31-18-25-26(19-34(27(25)33-28)24-11-8-7-9-12-24)23-15-13-22(14-16-23)17-30-20-29(3,4)5/h13-16,18-19,21,24,30H,6-12,17,20H2,1-5H3,(H,31,32,33). The van der Waals surface area contributed by atoms with Crippen molar-refractivity contribution in [3.8, 4) is 11.1 Å². The van der Waals surface area contributed by atoms with E-state index in [-0.39, 0.29) is 0 Å². The summed E-state index contributed by atoms with van der Waals surface area (Å²) in [5, 5.41) is 8.24. The van der Waals surface area contributed by atoms with Gasteiger partial charge in [-0.3, -0.25) is 0 Å². The van der Waals surface area contributed by atoms with Crippen LogP contribution in [0.4, 0.5) is 5.95 Å². The molecule has 1 aliphatic carbocycles. The van der Waals surface area contributed by atoms with Gasteiger partial charge in [0.15, 0.2) is 0 Å². The second kappa shape index (κ2) is 10.9. The molecule has 34 heavy (non-hydrogen) atoms. The molecule has 0 radical (unpaired) electrons. The predicted octanol–water partition coefficient (Wildman–Crippen LogP) is 7.34. The number of fused-ring (bicyclic) bond motifs is 1. The first-order valence-electron chi connectivity index (χ1n) is 13.3. The van der Waals surface area contributed by atoms with Crippen LogP contribution in [0.5, 0.6) is 0 Å². The summed E-state index contributed by atoms with van der Waals surface area (Å²) in [6, 6.07) is 9.91. The Hall–Kier alpha value is -2.40. The van der Waals surface area contributed by atoms with E-state index < -0.39 is 0 Å². The molecule has 1 unspecified atom stereocenters. The fourth-order valence-electron chi connectivity index (χ4n) is 5.08. The van der Waals surface area contributed by atoms with E-state index in [0.29, 0.717) is 17.5 Å². The Balaban J connectivity index is 1.62. The number of benzene rings is 1. The zero-order chi connectivity index (χ0) is 24.1. The SMILES string of the molecule is CCCC(C)Nc1ncc2c(-c3ccc(CNCC(C)(C)C)cc3)cn(C3CCCCC3)c2n1. The summed E-state index contributed by atoms with van der Waals surface area (Å²) in [5.41, 5.74) is 5.16. The van der Waals surface area contributed by atoms with Crippen molar-refractivity contribution < 1.29 is 0 Å². The van der Waals surface area contributed by atoms with E-state index in [2.05, 4.69) is 80.3 Å². The number of rotatable bonds is 9. The molecule has 1 fully saturated rings. The van der Waals surface area contributed by atoms with Crippen LogP contribution in [-0.2, 0) is 6.54 Å². The molecule has 1 saturated carbocycles. The van der Waals surface area contributed by atoms with E-state index in [9.17, 15) is 0 Å². The van der Waals surface area contributed by atoms with Gasteiger partial charge < -0.3 is 15.2 Å². The van der Waals surface area contributed by atoms with E-state index >= 15 is 0 Å². The quantitative estimate of drug-likeness (QED) is 0.350. The van der Waals surface area contributed by atoms with Crippen molar-refractivity contribution >= 4 is 17.0 Å². The Labute approximate surface area is 205 Å². The summed E-state index contributed by atoms with van der Waals surface area (Å²) in [5.74, 6) is 0.746. The van der Waals surface area contributed by atoms with Crippen LogP contribution < -0.4 is 10.6 Å². The zero-order valence-corrected chi connectivity index (χ0v) is 21.8. The highest BCUT2D eigenvalue weighted by molar-refractivity contribution is 5.94. The van der Waals surface area contributed by atoms with E-state index in [4.69, 9.17) is 9.97 Å². The first-order chi connectivity index (χ1) is 16.3. The van der Waals surface area contributed by atoms with Gasteiger partial charge in [0.25, 0.3) is 0 Å². The highest BCUT2D eigenvalue weighted by Crippen LogP contribution is 2.36. The predicted molar refractivity (Wildman–Crippen MR) is 144 cm³/mol. The molecule has 3 aromatic rings. The molecular weight excluding hydrogens is 418 g/mol. The molecule has 2 N–H and O–H groups in total. The molecular formula is C29H43N5. The summed E-state index contributed by atoms with van der Waals surface area (Å²) in [6.45, 7) is 13.1. The summed E-state index contributed by atoms with van der Waals surface area (Å²) < 4.78 is 2.44. The van der Waals surface area contributed by atoms with Crippen LogP contribution >= 0.6 is 0 Å². The normalized spacial score (nSPS) is 16.1. The lowest BCUT2D eigenvalue weighted by Crippen LogP contribution is -2.26. The van der Waals surface area contributed by atoms with Gasteiger partial charge in [-0.1, -0.05) is 77.6 Å². The second-order valence-electron chi connectivity index (χ2n) is 11.4. The number of aromatic nitrogens is 3. The largest absolute Gasteiger partial charge is 0.352 e. The van der Waals surface area contributed by atoms with E-state index in [1.54, 1.807) is 0 Å². The van der Waals surface area contributed by atoms with Crippen molar-refractivity contribution in [3.05, 3.63) is 42.2 Å². The first kappa shape index (κ1) is 24.7. The average molecular weight is 462 g/mol. The molecule has 5 nitrogen and oxygen atoms in total. The molecule has 0 aliphatic heterocycles. The Morgan fingerprint density at radius 3 is 2.50 bits per heavy atom. The highest BCUT2D eigenvalue weighted by atomic mass is 15.2. The van der Waals surface area contributed by atoms with Gasteiger partial charge in [0.2, 0.25) is 5.95 Å². The summed E-state index contributed by atoms with van der Waals surface area (Å²) in [6.07, 6.45) is 13.1. The van der Waals surface area contributed by atoms with Crippen molar-refractivity contribution in [2.24, 2.45) is 5.41 Å². The third-order valence-corrected chi connectivity index (χ3v) is 6.89. The first-order valence-corrected chi connectivity index (χ1v) is 13.3. The summed E-state index contributed by atoms with van der Waals surface area (Å²) >= 11 is 0. The molecule has 1 aromatic carbocycles. The average Bonchev–Trinajstić information content (AvgIpc) is 3.18. The van der Waals surface area contributed by atoms with Gasteiger partial charge in [-0.2, -0.15) is 4.98 Å². The fourth-order valence-corrected chi connectivity index (χ4v) is 5.08. The van der Waals surface area contributed by atoms with E-state index in [1.807, 2.05) is 6.20 Å². The molecule has 5 heteroatoms. The van der Waals surface area contributed by atoms with Gasteiger partial charge in [0, 0.05) is 48.5 Å². The van der Waals surface area contributed by atoms with Gasteiger partial charge in [-0.15, -0.1) is 0 Å². The molecule has 0 saturated heterocycles. The number of hydrogen-bond donors (Lipinski definition) is 2. The lowest BCUT2D eigenvalue weighted by molar-refractivity contribution is 0.360. The lowest BCUT2D eigenvalue weighted by atomic mass is 9.95. The second-order valence-corrected chi connectivity index (χ2v) is 11.4. The van der Waals surface area contributed by atoms with Gasteiger partial charge in [-0.05, 0) is 42.7 Å². The molecule has 1 aliphatic rings. The van der Waals surface area contributed by atoms with Crippen molar-refractivity contribution in [1.29, 1.82) is 0 Å². The van der Waals surface area contributed by atoms with E-state index in [0.717, 1.165) is 42.9 Å². The highest BCUT2D eigenvalue weighted by Gasteiger charge is 2.21. The molecule has 184 valence electrons. The van der Waals surface area contributed by atoms with Crippen LogP contribution in [0.1, 0.15) is 91.2 Å². The fraction of sp³-hybridized carbons (Fsp3) is 0.586. The van der Waals surface area contributed by atoms with Crippen LogP contribution in [0, 0.1) is 5.41 Å². The Bertz CT molecular complexity index is 1050.